The average Bonchev–Trinajstić information content (AvgIpc) is 2.93. The van der Waals surface area contributed by atoms with Crippen molar-refractivity contribution in [3.05, 3.63) is 51.7 Å². The molecule has 20 heavy (non-hydrogen) atoms. The molecule has 2 aromatic rings. The molecule has 0 aliphatic heterocycles. The number of benzene rings is 1. The first-order valence-electron chi connectivity index (χ1n) is 6.39. The summed E-state index contributed by atoms with van der Waals surface area (Å²) in [4.78, 5) is 14.3. The van der Waals surface area contributed by atoms with Crippen LogP contribution in [0.3, 0.4) is 0 Å². The highest BCUT2D eigenvalue weighted by atomic mass is 35.5. The summed E-state index contributed by atoms with van der Waals surface area (Å²) in [6.07, 6.45) is 0.844. The van der Waals surface area contributed by atoms with E-state index in [1.54, 1.807) is 23.5 Å². The molecule has 5 heteroatoms. The van der Waals surface area contributed by atoms with Crippen LogP contribution in [0.1, 0.15) is 24.3 Å². The number of thiophene rings is 1. The fourth-order valence-electron chi connectivity index (χ4n) is 2.22. The van der Waals surface area contributed by atoms with Crippen LogP contribution >= 0.6 is 22.9 Å². The van der Waals surface area contributed by atoms with Crippen molar-refractivity contribution in [3.63, 3.8) is 0 Å². The van der Waals surface area contributed by atoms with E-state index in [9.17, 15) is 9.90 Å². The summed E-state index contributed by atoms with van der Waals surface area (Å²) in [5.41, 5.74) is 0.872. The molecule has 0 fully saturated rings. The van der Waals surface area contributed by atoms with E-state index in [2.05, 4.69) is 6.92 Å². The standard InChI is InChI=1S/C15H16ClNO2S/c1-2-13(14-4-3-9-20-14)17(10-15(18)19)12-7-5-11(16)6-8-12/h3-9,13H,2,10H2,1H3,(H,18,19). The van der Waals surface area contributed by atoms with E-state index in [1.807, 2.05) is 34.5 Å². The Morgan fingerprint density at radius 1 is 1.35 bits per heavy atom. The third-order valence-electron chi connectivity index (χ3n) is 3.10. The molecule has 0 spiro atoms. The lowest BCUT2D eigenvalue weighted by molar-refractivity contribution is -0.135. The predicted molar refractivity (Wildman–Crippen MR) is 83.8 cm³/mol. The van der Waals surface area contributed by atoms with Crippen LogP contribution in [0.5, 0.6) is 0 Å². The van der Waals surface area contributed by atoms with Crippen LogP contribution < -0.4 is 4.90 Å². The van der Waals surface area contributed by atoms with Gasteiger partial charge < -0.3 is 10.0 Å². The summed E-state index contributed by atoms with van der Waals surface area (Å²) < 4.78 is 0. The smallest absolute Gasteiger partial charge is 0.323 e. The monoisotopic (exact) mass is 309 g/mol. The van der Waals surface area contributed by atoms with E-state index in [0.717, 1.165) is 12.1 Å². The Hall–Kier alpha value is -1.52. The molecule has 0 aliphatic rings. The molecule has 106 valence electrons. The van der Waals surface area contributed by atoms with Crippen LogP contribution in [-0.4, -0.2) is 17.6 Å². The van der Waals surface area contributed by atoms with Gasteiger partial charge in [-0.2, -0.15) is 0 Å². The van der Waals surface area contributed by atoms with E-state index < -0.39 is 5.97 Å². The number of carboxylic acid groups (broad SMARTS) is 1. The molecular formula is C15H16ClNO2S. The van der Waals surface area contributed by atoms with Crippen LogP contribution in [0.25, 0.3) is 0 Å². The van der Waals surface area contributed by atoms with Gasteiger partial charge in [-0.3, -0.25) is 4.79 Å². The molecule has 0 bridgehead atoms. The maximum Gasteiger partial charge on any atom is 0.323 e. The Balaban J connectivity index is 2.35. The second-order valence-electron chi connectivity index (χ2n) is 4.44. The number of hydrogen-bond acceptors (Lipinski definition) is 3. The van der Waals surface area contributed by atoms with Gasteiger partial charge in [0.2, 0.25) is 0 Å². The molecule has 1 aromatic heterocycles. The van der Waals surface area contributed by atoms with Crippen LogP contribution in [0, 0.1) is 0 Å². The molecule has 2 rings (SSSR count). The number of rotatable bonds is 6. The van der Waals surface area contributed by atoms with E-state index in [1.165, 1.54) is 4.88 Å². The molecule has 0 saturated carbocycles. The molecule has 1 unspecified atom stereocenters. The molecule has 1 atom stereocenters. The Bertz CT molecular complexity index is 554. The Morgan fingerprint density at radius 2 is 2.05 bits per heavy atom. The van der Waals surface area contributed by atoms with E-state index in [0.29, 0.717) is 5.02 Å². The van der Waals surface area contributed by atoms with Crippen molar-refractivity contribution >= 4 is 34.6 Å². The maximum atomic E-state index is 11.2. The van der Waals surface area contributed by atoms with Crippen LogP contribution in [0.4, 0.5) is 5.69 Å². The first kappa shape index (κ1) is 14.9. The van der Waals surface area contributed by atoms with Crippen molar-refractivity contribution in [2.24, 2.45) is 0 Å². The highest BCUT2D eigenvalue weighted by Gasteiger charge is 2.22. The predicted octanol–water partition coefficient (Wildman–Crippen LogP) is 4.44. The highest BCUT2D eigenvalue weighted by molar-refractivity contribution is 7.10. The van der Waals surface area contributed by atoms with Crippen molar-refractivity contribution in [2.75, 3.05) is 11.4 Å². The lowest BCUT2D eigenvalue weighted by Crippen LogP contribution is -2.33. The fourth-order valence-corrected chi connectivity index (χ4v) is 3.26. The lowest BCUT2D eigenvalue weighted by atomic mass is 10.1. The number of anilines is 1. The van der Waals surface area contributed by atoms with Gasteiger partial charge in [0.25, 0.3) is 0 Å². The first-order chi connectivity index (χ1) is 9.61. The normalized spacial score (nSPS) is 12.1. The second-order valence-corrected chi connectivity index (χ2v) is 5.85. The van der Waals surface area contributed by atoms with Gasteiger partial charge in [0, 0.05) is 15.6 Å². The van der Waals surface area contributed by atoms with Crippen LogP contribution in [0.15, 0.2) is 41.8 Å². The second kappa shape index (κ2) is 6.77. The minimum absolute atomic E-state index is 0.0297. The van der Waals surface area contributed by atoms with Gasteiger partial charge in [0.1, 0.15) is 6.54 Å². The van der Waals surface area contributed by atoms with Crippen molar-refractivity contribution in [3.8, 4) is 0 Å². The van der Waals surface area contributed by atoms with Gasteiger partial charge in [-0.15, -0.1) is 11.3 Å². The Kier molecular flexibility index (Phi) is 5.04. The van der Waals surface area contributed by atoms with Crippen LogP contribution in [-0.2, 0) is 4.79 Å². The molecule has 3 nitrogen and oxygen atoms in total. The molecule has 1 aromatic carbocycles. The largest absolute Gasteiger partial charge is 0.480 e. The van der Waals surface area contributed by atoms with Crippen molar-refractivity contribution in [1.29, 1.82) is 0 Å². The quantitative estimate of drug-likeness (QED) is 0.857. The zero-order valence-electron chi connectivity index (χ0n) is 11.1. The maximum absolute atomic E-state index is 11.2. The third kappa shape index (κ3) is 3.52. The minimum atomic E-state index is -0.838. The number of carboxylic acids is 1. The van der Waals surface area contributed by atoms with Crippen molar-refractivity contribution in [1.82, 2.24) is 0 Å². The number of aliphatic carboxylic acids is 1. The molecule has 0 aliphatic carbocycles. The summed E-state index contributed by atoms with van der Waals surface area (Å²) in [6.45, 7) is 2.03. The van der Waals surface area contributed by atoms with Gasteiger partial charge >= 0.3 is 5.97 Å². The van der Waals surface area contributed by atoms with E-state index >= 15 is 0 Å². The molecule has 1 N–H and O–H groups in total. The Labute approximate surface area is 127 Å². The van der Waals surface area contributed by atoms with E-state index in [-0.39, 0.29) is 12.6 Å². The summed E-state index contributed by atoms with van der Waals surface area (Å²) in [7, 11) is 0. The first-order valence-corrected chi connectivity index (χ1v) is 7.65. The van der Waals surface area contributed by atoms with Crippen LogP contribution in [0.2, 0.25) is 5.02 Å². The number of hydrogen-bond donors (Lipinski definition) is 1. The zero-order valence-corrected chi connectivity index (χ0v) is 12.7. The van der Waals surface area contributed by atoms with E-state index in [4.69, 9.17) is 11.6 Å². The molecule has 0 amide bonds. The molecular weight excluding hydrogens is 294 g/mol. The van der Waals surface area contributed by atoms with Gasteiger partial charge in [0.15, 0.2) is 0 Å². The number of halogens is 1. The Morgan fingerprint density at radius 3 is 2.55 bits per heavy atom. The molecule has 1 heterocycles. The SMILES string of the molecule is CCC(c1cccs1)N(CC(=O)O)c1ccc(Cl)cc1. The average molecular weight is 310 g/mol. The van der Waals surface area contributed by atoms with Gasteiger partial charge in [0.05, 0.1) is 6.04 Å². The van der Waals surface area contributed by atoms with Gasteiger partial charge in [-0.1, -0.05) is 24.6 Å². The van der Waals surface area contributed by atoms with Gasteiger partial charge in [-0.05, 0) is 42.1 Å². The fraction of sp³-hybridized carbons (Fsp3) is 0.267. The highest BCUT2D eigenvalue weighted by Crippen LogP contribution is 2.32. The lowest BCUT2D eigenvalue weighted by Gasteiger charge is -2.31. The topological polar surface area (TPSA) is 40.5 Å². The summed E-state index contributed by atoms with van der Waals surface area (Å²) in [5.74, 6) is -0.838. The minimum Gasteiger partial charge on any atom is -0.480 e. The summed E-state index contributed by atoms with van der Waals surface area (Å²) in [5, 5.41) is 11.8. The molecule has 0 radical (unpaired) electrons. The zero-order chi connectivity index (χ0) is 14.5. The summed E-state index contributed by atoms with van der Waals surface area (Å²) >= 11 is 7.55. The summed E-state index contributed by atoms with van der Waals surface area (Å²) in [6, 6.07) is 11.4. The number of nitrogens with zero attached hydrogens (tertiary/aromatic N) is 1. The number of carbonyl (C=O) groups is 1. The molecule has 0 saturated heterocycles. The third-order valence-corrected chi connectivity index (χ3v) is 4.32. The van der Waals surface area contributed by atoms with Crippen molar-refractivity contribution < 1.29 is 9.90 Å². The van der Waals surface area contributed by atoms with Gasteiger partial charge in [-0.25, -0.2) is 0 Å². The van der Waals surface area contributed by atoms with Crippen molar-refractivity contribution in [2.45, 2.75) is 19.4 Å².